The fourth-order valence-corrected chi connectivity index (χ4v) is 8.45. The zero-order valence-corrected chi connectivity index (χ0v) is 26.1. The summed E-state index contributed by atoms with van der Waals surface area (Å²) in [6.07, 6.45) is 22.1. The first kappa shape index (κ1) is 32.3. The van der Waals surface area contributed by atoms with Crippen LogP contribution in [-0.4, -0.2) is 31.6 Å². The predicted molar refractivity (Wildman–Crippen MR) is 164 cm³/mol. The van der Waals surface area contributed by atoms with Gasteiger partial charge in [-0.3, -0.25) is 4.72 Å². The van der Waals surface area contributed by atoms with E-state index in [2.05, 4.69) is 21.5 Å². The Balaban J connectivity index is 1.35. The van der Waals surface area contributed by atoms with Gasteiger partial charge >= 0.3 is 5.97 Å². The van der Waals surface area contributed by atoms with E-state index >= 15 is 0 Å². The van der Waals surface area contributed by atoms with Crippen LogP contribution >= 0.6 is 11.3 Å². The molecule has 10 heteroatoms. The van der Waals surface area contributed by atoms with Crippen molar-refractivity contribution in [2.45, 2.75) is 107 Å². The topological polar surface area (TPSA) is 106 Å². The monoisotopic (exact) mass is 618 g/mol. The summed E-state index contributed by atoms with van der Waals surface area (Å²) in [6.45, 7) is 0. The number of hydrogen-bond donors (Lipinski definition) is 2. The quantitative estimate of drug-likeness (QED) is 0.316. The van der Waals surface area contributed by atoms with Gasteiger partial charge in [0.1, 0.15) is 11.6 Å². The van der Waals surface area contributed by atoms with E-state index in [4.69, 9.17) is 9.84 Å². The van der Waals surface area contributed by atoms with Gasteiger partial charge in [-0.05, 0) is 36.7 Å². The van der Waals surface area contributed by atoms with Crippen molar-refractivity contribution < 1.29 is 27.4 Å². The third kappa shape index (κ3) is 9.18. The van der Waals surface area contributed by atoms with Gasteiger partial charge in [0, 0.05) is 12.0 Å². The number of aromatic carboxylic acids is 1. The van der Waals surface area contributed by atoms with E-state index in [9.17, 15) is 17.6 Å². The molecule has 7 nitrogen and oxygen atoms in total. The van der Waals surface area contributed by atoms with Crippen LogP contribution in [0, 0.1) is 35.4 Å². The zero-order valence-electron chi connectivity index (χ0n) is 24.5. The van der Waals surface area contributed by atoms with Gasteiger partial charge in [0.25, 0.3) is 10.0 Å². The Bertz CT molecular complexity index is 1340. The van der Waals surface area contributed by atoms with Gasteiger partial charge < -0.3 is 9.84 Å². The molecule has 0 amide bonds. The van der Waals surface area contributed by atoms with E-state index in [1.807, 2.05) is 0 Å². The molecule has 2 N–H and O–H groups in total. The second-order valence-corrected chi connectivity index (χ2v) is 14.6. The van der Waals surface area contributed by atoms with Gasteiger partial charge in [-0.15, -0.1) is 0 Å². The lowest BCUT2D eigenvalue weighted by molar-refractivity contribution is 0.0691. The number of nitrogens with zero attached hydrogens (tertiary/aromatic N) is 1. The molecule has 2 aliphatic rings. The Labute approximate surface area is 253 Å². The maximum absolute atomic E-state index is 14.2. The summed E-state index contributed by atoms with van der Waals surface area (Å²) in [5.74, 6) is 5.86. The fraction of sp³-hybridized carbons (Fsp3) is 0.625. The number of methoxy groups -OCH3 is 1. The number of carboxylic acid groups (broad SMARTS) is 1. The predicted octanol–water partition coefficient (Wildman–Crippen LogP) is 8.26. The zero-order chi connectivity index (χ0) is 30.0. The minimum absolute atomic E-state index is 0.0708. The van der Waals surface area contributed by atoms with Crippen molar-refractivity contribution in [2.75, 3.05) is 11.8 Å². The van der Waals surface area contributed by atoms with Crippen LogP contribution in [0.3, 0.4) is 0 Å². The maximum atomic E-state index is 14.2. The first-order chi connectivity index (χ1) is 20.3. The molecule has 4 rings (SSSR count). The highest BCUT2D eigenvalue weighted by Crippen LogP contribution is 2.36. The number of sulfonamides is 1. The second kappa shape index (κ2) is 15.7. The van der Waals surface area contributed by atoms with Crippen LogP contribution in [0.1, 0.15) is 118 Å². The summed E-state index contributed by atoms with van der Waals surface area (Å²) in [5.41, 5.74) is -0.814. The van der Waals surface area contributed by atoms with Gasteiger partial charge in [-0.1, -0.05) is 107 Å². The lowest BCUT2D eigenvalue weighted by Crippen LogP contribution is -2.16. The van der Waals surface area contributed by atoms with Gasteiger partial charge in [-0.2, -0.15) is 0 Å². The summed E-state index contributed by atoms with van der Waals surface area (Å²) in [7, 11) is -2.87. The molecule has 0 unspecified atom stereocenters. The molecule has 2 aromatic rings. The minimum atomic E-state index is -4.11. The Morgan fingerprint density at radius 2 is 1.50 bits per heavy atom. The number of carbonyl (C=O) groups is 1. The Hall–Kier alpha value is -2.64. The molecule has 0 bridgehead atoms. The Kier molecular flexibility index (Phi) is 12.1. The standard InChI is InChI=1S/C32H43FN2O5S2/c1-40-29-20-26(32(36)37)27(33)21-28(29)35-42(38,39)31-22-34-30(41-31)19-18-23-12-8-10-16-25(17-11-9-13-23)24-14-6-4-2-3-5-7-15-24/h20-25,35H,2-17H2,1H3,(H,36,37). The summed E-state index contributed by atoms with van der Waals surface area (Å²) in [6, 6.07) is 1.74. The average Bonchev–Trinajstić information content (AvgIpc) is 3.49. The van der Waals surface area contributed by atoms with Crippen molar-refractivity contribution in [2.24, 2.45) is 17.8 Å². The first-order valence-electron chi connectivity index (χ1n) is 15.4. The average molecular weight is 619 g/mol. The largest absolute Gasteiger partial charge is 0.495 e. The summed E-state index contributed by atoms with van der Waals surface area (Å²) >= 11 is 0.947. The molecule has 2 saturated carbocycles. The second-order valence-electron chi connectivity index (χ2n) is 11.7. The molecule has 0 aliphatic heterocycles. The highest BCUT2D eigenvalue weighted by atomic mass is 32.2. The van der Waals surface area contributed by atoms with Crippen molar-refractivity contribution in [3.8, 4) is 17.6 Å². The van der Waals surface area contributed by atoms with Gasteiger partial charge in [0.2, 0.25) is 0 Å². The summed E-state index contributed by atoms with van der Waals surface area (Å²) in [4.78, 5) is 15.4. The number of anilines is 1. The van der Waals surface area contributed by atoms with Crippen LogP contribution in [0.5, 0.6) is 5.75 Å². The number of rotatable bonds is 6. The fourth-order valence-electron chi connectivity index (χ4n) is 6.40. The van der Waals surface area contributed by atoms with Gasteiger partial charge in [-0.25, -0.2) is 22.6 Å². The minimum Gasteiger partial charge on any atom is -0.495 e. The normalized spacial score (nSPS) is 21.6. The van der Waals surface area contributed by atoms with E-state index < -0.39 is 27.4 Å². The smallest absolute Gasteiger partial charge is 0.338 e. The van der Waals surface area contributed by atoms with Crippen molar-refractivity contribution in [1.29, 1.82) is 0 Å². The van der Waals surface area contributed by atoms with Crippen LogP contribution in [-0.2, 0) is 10.0 Å². The maximum Gasteiger partial charge on any atom is 0.338 e. The number of ether oxygens (including phenoxy) is 1. The van der Waals surface area contributed by atoms with Crippen LogP contribution < -0.4 is 9.46 Å². The molecular weight excluding hydrogens is 575 g/mol. The lowest BCUT2D eigenvalue weighted by Gasteiger charge is -2.28. The molecule has 42 heavy (non-hydrogen) atoms. The molecule has 0 radical (unpaired) electrons. The summed E-state index contributed by atoms with van der Waals surface area (Å²) in [5, 5.41) is 9.53. The van der Waals surface area contributed by atoms with Crippen LogP contribution in [0.2, 0.25) is 0 Å². The Morgan fingerprint density at radius 3 is 2.07 bits per heavy atom. The van der Waals surface area contributed by atoms with Gasteiger partial charge in [0.15, 0.2) is 9.22 Å². The lowest BCUT2D eigenvalue weighted by atomic mass is 9.77. The van der Waals surface area contributed by atoms with Crippen molar-refractivity contribution in [3.05, 3.63) is 34.7 Å². The van der Waals surface area contributed by atoms with Crippen LogP contribution in [0.4, 0.5) is 10.1 Å². The third-order valence-corrected chi connectivity index (χ3v) is 11.5. The highest BCUT2D eigenvalue weighted by molar-refractivity contribution is 7.94. The van der Waals surface area contributed by atoms with Crippen molar-refractivity contribution >= 4 is 33.0 Å². The molecule has 0 spiro atoms. The van der Waals surface area contributed by atoms with Crippen molar-refractivity contribution in [3.63, 3.8) is 0 Å². The Morgan fingerprint density at radius 1 is 0.952 bits per heavy atom. The number of nitrogens with one attached hydrogen (secondary N) is 1. The number of hydrogen-bond acceptors (Lipinski definition) is 6. The number of carboxylic acids is 1. The first-order valence-corrected chi connectivity index (χ1v) is 17.7. The van der Waals surface area contributed by atoms with Crippen molar-refractivity contribution in [1.82, 2.24) is 4.98 Å². The number of halogens is 1. The van der Waals surface area contributed by atoms with Crippen LogP contribution in [0.15, 0.2) is 22.5 Å². The third-order valence-electron chi connectivity index (χ3n) is 8.72. The number of aromatic nitrogens is 1. The summed E-state index contributed by atoms with van der Waals surface area (Å²) < 4.78 is 47.5. The molecular formula is C32H43FN2O5S2. The van der Waals surface area contributed by atoms with E-state index in [0.29, 0.717) is 5.01 Å². The van der Waals surface area contributed by atoms with E-state index in [1.54, 1.807) is 0 Å². The van der Waals surface area contributed by atoms with E-state index in [0.717, 1.165) is 48.1 Å². The molecule has 2 aliphatic carbocycles. The van der Waals surface area contributed by atoms with Crippen LogP contribution in [0.25, 0.3) is 0 Å². The van der Waals surface area contributed by atoms with Gasteiger partial charge in [0.05, 0.1) is 24.6 Å². The SMILES string of the molecule is COc1cc(C(=O)O)c(F)cc1NS(=O)(=O)c1cnc(C#CC2CCCCC(C3CCCCCCCC3)CCCC2)s1. The number of benzene rings is 1. The van der Waals surface area contributed by atoms with E-state index in [-0.39, 0.29) is 21.6 Å². The molecule has 230 valence electrons. The molecule has 1 heterocycles. The highest BCUT2D eigenvalue weighted by Gasteiger charge is 2.24. The van der Waals surface area contributed by atoms with E-state index in [1.165, 1.54) is 103 Å². The molecule has 2 fully saturated rings. The molecule has 1 aromatic heterocycles. The molecule has 0 atom stereocenters. The number of thiazole rings is 1. The molecule has 0 saturated heterocycles. The molecule has 1 aromatic carbocycles.